The highest BCUT2D eigenvalue weighted by Crippen LogP contribution is 2.53. The fraction of sp³-hybridized carbons (Fsp3) is 0.185. The number of hydrogen-bond acceptors (Lipinski definition) is 2. The number of amides is 1. The summed E-state index contributed by atoms with van der Waals surface area (Å²) < 4.78 is 0. The summed E-state index contributed by atoms with van der Waals surface area (Å²) in [6.07, 6.45) is 4.54. The van der Waals surface area contributed by atoms with E-state index < -0.39 is 5.41 Å². The van der Waals surface area contributed by atoms with Crippen LogP contribution < -0.4 is 0 Å². The van der Waals surface area contributed by atoms with Crippen molar-refractivity contribution in [3.05, 3.63) is 120 Å². The Balaban J connectivity index is 1.82. The summed E-state index contributed by atoms with van der Waals surface area (Å²) in [6, 6.07) is 28.6. The minimum atomic E-state index is -1.21. The Morgan fingerprint density at radius 1 is 0.900 bits per heavy atom. The van der Waals surface area contributed by atoms with Gasteiger partial charge in [0.15, 0.2) is 11.2 Å². The van der Waals surface area contributed by atoms with Crippen LogP contribution in [0.15, 0.2) is 103 Å². The van der Waals surface area contributed by atoms with Gasteiger partial charge in [-0.25, -0.2) is 0 Å². The standard InChI is InChI=1S/C27H25NO2/c1-2-3-19-27(25(29)23-17-11-6-12-18-23)24(22-15-9-5-10-16-22)28(26(27)30)20-21-13-7-4-8-14-21/h3-19,24H,2,20H2,1H3/b19-3+/t24-,27+/m1/s1. The van der Waals surface area contributed by atoms with Crippen molar-refractivity contribution in [2.75, 3.05) is 0 Å². The number of allylic oxidation sites excluding steroid dienone is 1. The Bertz CT molecular complexity index is 1040. The second-order valence-corrected chi connectivity index (χ2v) is 7.61. The molecule has 150 valence electrons. The number of benzene rings is 3. The van der Waals surface area contributed by atoms with Gasteiger partial charge in [-0.05, 0) is 17.5 Å². The number of nitrogens with zero attached hydrogens (tertiary/aromatic N) is 1. The van der Waals surface area contributed by atoms with Crippen molar-refractivity contribution in [1.29, 1.82) is 0 Å². The van der Waals surface area contributed by atoms with E-state index in [4.69, 9.17) is 0 Å². The van der Waals surface area contributed by atoms with Gasteiger partial charge in [0, 0.05) is 12.1 Å². The van der Waals surface area contributed by atoms with Gasteiger partial charge in [-0.2, -0.15) is 0 Å². The molecule has 3 heteroatoms. The van der Waals surface area contributed by atoms with Gasteiger partial charge in [-0.1, -0.05) is 110 Å². The van der Waals surface area contributed by atoms with E-state index >= 15 is 0 Å². The number of ketones is 1. The molecular weight excluding hydrogens is 370 g/mol. The Kier molecular flexibility index (Phi) is 5.62. The maximum atomic E-state index is 13.7. The first-order chi connectivity index (χ1) is 14.7. The zero-order valence-corrected chi connectivity index (χ0v) is 17.1. The summed E-state index contributed by atoms with van der Waals surface area (Å²) in [4.78, 5) is 29.2. The van der Waals surface area contributed by atoms with Crippen molar-refractivity contribution >= 4 is 11.7 Å². The SMILES string of the molecule is CC/C=C/[C@]1(C(=O)c2ccccc2)C(=O)N(Cc2ccccc2)[C@@H]1c1ccccc1. The van der Waals surface area contributed by atoms with Crippen molar-refractivity contribution in [3.8, 4) is 0 Å². The Labute approximate surface area is 177 Å². The third kappa shape index (κ3) is 3.37. The molecule has 30 heavy (non-hydrogen) atoms. The molecule has 2 atom stereocenters. The lowest BCUT2D eigenvalue weighted by Gasteiger charge is -2.54. The van der Waals surface area contributed by atoms with Crippen molar-refractivity contribution in [2.24, 2.45) is 5.41 Å². The van der Waals surface area contributed by atoms with E-state index in [2.05, 4.69) is 0 Å². The number of β-lactam (4-membered cyclic amide) rings is 1. The van der Waals surface area contributed by atoms with Gasteiger partial charge in [-0.3, -0.25) is 9.59 Å². The predicted molar refractivity (Wildman–Crippen MR) is 119 cm³/mol. The fourth-order valence-electron chi connectivity index (χ4n) is 4.26. The first-order valence-corrected chi connectivity index (χ1v) is 10.4. The minimum absolute atomic E-state index is 0.140. The van der Waals surface area contributed by atoms with Gasteiger partial charge in [0.1, 0.15) is 0 Å². The zero-order chi connectivity index (χ0) is 21.0. The van der Waals surface area contributed by atoms with Crippen LogP contribution in [-0.2, 0) is 11.3 Å². The molecule has 0 unspecified atom stereocenters. The normalized spacial score (nSPS) is 20.9. The molecule has 1 saturated heterocycles. The average molecular weight is 396 g/mol. The summed E-state index contributed by atoms with van der Waals surface area (Å²) in [6.45, 7) is 2.49. The molecule has 0 spiro atoms. The van der Waals surface area contributed by atoms with Gasteiger partial charge in [0.25, 0.3) is 0 Å². The van der Waals surface area contributed by atoms with E-state index in [1.807, 2.05) is 103 Å². The van der Waals surface area contributed by atoms with Crippen molar-refractivity contribution in [3.63, 3.8) is 0 Å². The largest absolute Gasteiger partial charge is 0.328 e. The minimum Gasteiger partial charge on any atom is -0.328 e. The topological polar surface area (TPSA) is 37.4 Å². The number of rotatable bonds is 7. The molecule has 4 rings (SSSR count). The number of likely N-dealkylation sites (tertiary alicyclic amines) is 1. The number of hydrogen-bond donors (Lipinski definition) is 0. The maximum Gasteiger partial charge on any atom is 0.243 e. The van der Waals surface area contributed by atoms with E-state index in [-0.39, 0.29) is 17.7 Å². The molecule has 1 aliphatic rings. The Hall–Kier alpha value is -3.46. The fourth-order valence-corrected chi connectivity index (χ4v) is 4.26. The molecule has 1 heterocycles. The smallest absolute Gasteiger partial charge is 0.243 e. The number of carbonyl (C=O) groups is 2. The first kappa shape index (κ1) is 19.8. The molecule has 1 fully saturated rings. The van der Waals surface area contributed by atoms with Gasteiger partial charge in [-0.15, -0.1) is 0 Å². The van der Waals surface area contributed by atoms with E-state index in [9.17, 15) is 9.59 Å². The third-order valence-electron chi connectivity index (χ3n) is 5.70. The average Bonchev–Trinajstić information content (AvgIpc) is 2.81. The van der Waals surface area contributed by atoms with Crippen LogP contribution in [0.5, 0.6) is 0 Å². The van der Waals surface area contributed by atoms with Crippen LogP contribution in [0.4, 0.5) is 0 Å². The number of Topliss-reactive ketones (excluding diaryl/α,β-unsaturated/α-hetero) is 1. The molecule has 1 amide bonds. The Morgan fingerprint density at radius 3 is 2.07 bits per heavy atom. The highest BCUT2D eigenvalue weighted by Gasteiger charge is 2.64. The zero-order valence-electron chi connectivity index (χ0n) is 17.1. The molecule has 0 bridgehead atoms. The summed E-state index contributed by atoms with van der Waals surface area (Å²) in [7, 11) is 0. The van der Waals surface area contributed by atoms with E-state index in [1.165, 1.54) is 0 Å². The van der Waals surface area contributed by atoms with Crippen LogP contribution in [0.3, 0.4) is 0 Å². The van der Waals surface area contributed by atoms with Gasteiger partial charge in [0.05, 0.1) is 6.04 Å². The summed E-state index contributed by atoms with van der Waals surface area (Å²) in [5, 5.41) is 0. The molecule has 0 aromatic heterocycles. The molecule has 0 radical (unpaired) electrons. The second kappa shape index (κ2) is 8.50. The predicted octanol–water partition coefficient (Wildman–Crippen LogP) is 5.61. The lowest BCUT2D eigenvalue weighted by molar-refractivity contribution is -0.162. The van der Waals surface area contributed by atoms with Crippen LogP contribution >= 0.6 is 0 Å². The molecule has 3 nitrogen and oxygen atoms in total. The molecule has 3 aromatic carbocycles. The summed E-state index contributed by atoms with van der Waals surface area (Å²) in [5.41, 5.74) is 1.37. The third-order valence-corrected chi connectivity index (χ3v) is 5.70. The van der Waals surface area contributed by atoms with Crippen molar-refractivity contribution in [2.45, 2.75) is 25.9 Å². The highest BCUT2D eigenvalue weighted by molar-refractivity contribution is 6.19. The van der Waals surface area contributed by atoms with Crippen molar-refractivity contribution < 1.29 is 9.59 Å². The highest BCUT2D eigenvalue weighted by atomic mass is 16.2. The van der Waals surface area contributed by atoms with Crippen LogP contribution in [0.25, 0.3) is 0 Å². The summed E-state index contributed by atoms with van der Waals surface area (Å²) >= 11 is 0. The van der Waals surface area contributed by atoms with E-state index in [0.717, 1.165) is 17.5 Å². The number of carbonyl (C=O) groups excluding carboxylic acids is 2. The van der Waals surface area contributed by atoms with Crippen LogP contribution in [-0.4, -0.2) is 16.6 Å². The quantitative estimate of drug-likeness (QED) is 0.226. The molecular formula is C27H25NO2. The molecule has 0 N–H and O–H groups in total. The van der Waals surface area contributed by atoms with E-state index in [1.54, 1.807) is 12.1 Å². The van der Waals surface area contributed by atoms with Gasteiger partial charge < -0.3 is 4.90 Å². The van der Waals surface area contributed by atoms with Crippen LogP contribution in [0.2, 0.25) is 0 Å². The molecule has 0 saturated carbocycles. The Morgan fingerprint density at radius 2 is 1.47 bits per heavy atom. The lowest BCUT2D eigenvalue weighted by atomic mass is 9.63. The maximum absolute atomic E-state index is 13.7. The summed E-state index contributed by atoms with van der Waals surface area (Å²) in [5.74, 6) is -0.283. The second-order valence-electron chi connectivity index (χ2n) is 7.61. The monoisotopic (exact) mass is 395 g/mol. The van der Waals surface area contributed by atoms with Crippen molar-refractivity contribution in [1.82, 2.24) is 4.90 Å². The molecule has 1 aliphatic heterocycles. The van der Waals surface area contributed by atoms with Crippen LogP contribution in [0, 0.1) is 5.41 Å². The lowest BCUT2D eigenvalue weighted by Crippen LogP contribution is -2.65. The van der Waals surface area contributed by atoms with Crippen LogP contribution in [0.1, 0.15) is 40.9 Å². The van der Waals surface area contributed by atoms with Gasteiger partial charge in [0.2, 0.25) is 5.91 Å². The van der Waals surface area contributed by atoms with E-state index in [0.29, 0.717) is 12.1 Å². The molecule has 3 aromatic rings. The first-order valence-electron chi connectivity index (χ1n) is 10.4. The van der Waals surface area contributed by atoms with Gasteiger partial charge >= 0.3 is 0 Å². The molecule has 0 aliphatic carbocycles.